The first kappa shape index (κ1) is 14.9. The second kappa shape index (κ2) is 6.41. The van der Waals surface area contributed by atoms with Crippen LogP contribution in [0.3, 0.4) is 0 Å². The summed E-state index contributed by atoms with van der Waals surface area (Å²) in [7, 11) is 0. The third-order valence-corrected chi connectivity index (χ3v) is 3.88. The van der Waals surface area contributed by atoms with Gasteiger partial charge in [-0.25, -0.2) is 4.98 Å². The topological polar surface area (TPSA) is 27.1 Å². The van der Waals surface area contributed by atoms with Crippen LogP contribution in [-0.4, -0.2) is 16.2 Å². The van der Waals surface area contributed by atoms with Crippen LogP contribution in [0.25, 0.3) is 16.7 Å². The zero-order valence-electron chi connectivity index (χ0n) is 12.8. The van der Waals surface area contributed by atoms with Crippen LogP contribution in [0.4, 0.5) is 0 Å². The van der Waals surface area contributed by atoms with Crippen LogP contribution >= 0.6 is 11.6 Å². The molecule has 0 bridgehead atoms. The van der Waals surface area contributed by atoms with Crippen LogP contribution in [0.5, 0.6) is 5.75 Å². The Morgan fingerprint density at radius 1 is 1.14 bits per heavy atom. The summed E-state index contributed by atoms with van der Waals surface area (Å²) in [5.41, 5.74) is 4.08. The fourth-order valence-corrected chi connectivity index (χ4v) is 2.71. The van der Waals surface area contributed by atoms with Gasteiger partial charge >= 0.3 is 0 Å². The van der Waals surface area contributed by atoms with Crippen molar-refractivity contribution in [3.63, 3.8) is 0 Å². The standard InChI is InChI=1S/C18H19ClN2O/c1-3-4-11-22-15-8-6-14(7-9-15)21-17-10-5-13(2)12-16(17)20-18(21)19/h5-10,12H,3-4,11H2,1-2H3. The number of halogens is 1. The van der Waals surface area contributed by atoms with E-state index >= 15 is 0 Å². The van der Waals surface area contributed by atoms with Gasteiger partial charge in [-0.2, -0.15) is 0 Å². The van der Waals surface area contributed by atoms with Gasteiger partial charge in [-0.15, -0.1) is 0 Å². The van der Waals surface area contributed by atoms with E-state index in [0.717, 1.165) is 41.9 Å². The molecule has 3 aromatic rings. The summed E-state index contributed by atoms with van der Waals surface area (Å²) >= 11 is 6.32. The molecule has 0 spiro atoms. The molecule has 22 heavy (non-hydrogen) atoms. The molecule has 2 aromatic carbocycles. The molecule has 0 radical (unpaired) electrons. The summed E-state index contributed by atoms with van der Waals surface area (Å²) in [5.74, 6) is 0.883. The Balaban J connectivity index is 1.92. The number of hydrogen-bond acceptors (Lipinski definition) is 2. The van der Waals surface area contributed by atoms with E-state index in [4.69, 9.17) is 16.3 Å². The highest BCUT2D eigenvalue weighted by Gasteiger charge is 2.10. The summed E-state index contributed by atoms with van der Waals surface area (Å²) in [6, 6.07) is 14.1. The van der Waals surface area contributed by atoms with Crippen LogP contribution in [0.1, 0.15) is 25.3 Å². The lowest BCUT2D eigenvalue weighted by atomic mass is 10.2. The van der Waals surface area contributed by atoms with Gasteiger partial charge in [0.15, 0.2) is 0 Å². The van der Waals surface area contributed by atoms with Crippen LogP contribution in [-0.2, 0) is 0 Å². The number of benzene rings is 2. The van der Waals surface area contributed by atoms with Crippen molar-refractivity contribution in [1.82, 2.24) is 9.55 Å². The maximum atomic E-state index is 6.32. The first-order valence-electron chi connectivity index (χ1n) is 7.57. The third-order valence-electron chi connectivity index (χ3n) is 3.63. The predicted octanol–water partition coefficient (Wildman–Crippen LogP) is 5.17. The van der Waals surface area contributed by atoms with E-state index in [0.29, 0.717) is 5.28 Å². The van der Waals surface area contributed by atoms with Gasteiger partial charge in [-0.1, -0.05) is 19.4 Å². The molecule has 3 nitrogen and oxygen atoms in total. The van der Waals surface area contributed by atoms with E-state index in [-0.39, 0.29) is 0 Å². The van der Waals surface area contributed by atoms with Crippen molar-refractivity contribution in [1.29, 1.82) is 0 Å². The molecule has 1 heterocycles. The second-order valence-corrected chi connectivity index (χ2v) is 5.74. The highest BCUT2D eigenvalue weighted by Crippen LogP contribution is 2.26. The molecule has 1 aromatic heterocycles. The molecular weight excluding hydrogens is 296 g/mol. The number of rotatable bonds is 5. The Labute approximate surface area is 135 Å². The molecule has 4 heteroatoms. The summed E-state index contributed by atoms with van der Waals surface area (Å²) in [6.07, 6.45) is 2.20. The number of ether oxygens (including phenoxy) is 1. The van der Waals surface area contributed by atoms with E-state index in [1.165, 1.54) is 5.56 Å². The van der Waals surface area contributed by atoms with E-state index in [2.05, 4.69) is 31.0 Å². The highest BCUT2D eigenvalue weighted by atomic mass is 35.5. The maximum absolute atomic E-state index is 6.32. The number of hydrogen-bond donors (Lipinski definition) is 0. The fourth-order valence-electron chi connectivity index (χ4n) is 2.43. The van der Waals surface area contributed by atoms with Crippen LogP contribution in [0, 0.1) is 6.92 Å². The Bertz CT molecular complexity index is 778. The Morgan fingerprint density at radius 3 is 2.64 bits per heavy atom. The lowest BCUT2D eigenvalue weighted by Crippen LogP contribution is -1.98. The SMILES string of the molecule is CCCCOc1ccc(-n2c(Cl)nc3cc(C)ccc32)cc1. The van der Waals surface area contributed by atoms with E-state index in [9.17, 15) is 0 Å². The normalized spacial score (nSPS) is 11.0. The van der Waals surface area contributed by atoms with Gasteiger partial charge in [0.1, 0.15) is 5.75 Å². The largest absolute Gasteiger partial charge is 0.494 e. The van der Waals surface area contributed by atoms with Crippen molar-refractivity contribution in [2.75, 3.05) is 6.61 Å². The Morgan fingerprint density at radius 2 is 1.91 bits per heavy atom. The smallest absolute Gasteiger partial charge is 0.208 e. The van der Waals surface area contributed by atoms with Crippen LogP contribution < -0.4 is 4.74 Å². The Kier molecular flexibility index (Phi) is 4.34. The van der Waals surface area contributed by atoms with E-state index in [1.54, 1.807) is 0 Å². The third kappa shape index (κ3) is 2.95. The molecule has 0 atom stereocenters. The summed E-state index contributed by atoms with van der Waals surface area (Å²) in [4.78, 5) is 4.43. The van der Waals surface area contributed by atoms with Crippen LogP contribution in [0.2, 0.25) is 5.28 Å². The number of unbranched alkanes of at least 4 members (excludes halogenated alkanes) is 1. The minimum Gasteiger partial charge on any atom is -0.494 e. The monoisotopic (exact) mass is 314 g/mol. The molecule has 0 aliphatic heterocycles. The molecule has 114 valence electrons. The molecule has 3 rings (SSSR count). The molecule has 0 aliphatic carbocycles. The number of aromatic nitrogens is 2. The molecule has 0 fully saturated rings. The second-order valence-electron chi connectivity index (χ2n) is 5.40. The molecule has 0 amide bonds. The van der Waals surface area contributed by atoms with Gasteiger partial charge < -0.3 is 4.74 Å². The summed E-state index contributed by atoms with van der Waals surface area (Å²) < 4.78 is 7.64. The van der Waals surface area contributed by atoms with Crippen molar-refractivity contribution in [3.05, 3.63) is 53.3 Å². The molecule has 0 aliphatic rings. The van der Waals surface area contributed by atoms with Crippen molar-refractivity contribution in [2.24, 2.45) is 0 Å². The van der Waals surface area contributed by atoms with Gasteiger partial charge in [0.25, 0.3) is 0 Å². The van der Waals surface area contributed by atoms with Gasteiger partial charge in [-0.3, -0.25) is 4.57 Å². The zero-order valence-corrected chi connectivity index (χ0v) is 13.6. The predicted molar refractivity (Wildman–Crippen MR) is 91.2 cm³/mol. The average molecular weight is 315 g/mol. The first-order valence-corrected chi connectivity index (χ1v) is 7.94. The number of aryl methyl sites for hydroxylation is 1. The number of fused-ring (bicyclic) bond motifs is 1. The van der Waals surface area contributed by atoms with Gasteiger partial charge in [0, 0.05) is 5.69 Å². The van der Waals surface area contributed by atoms with Gasteiger partial charge in [-0.05, 0) is 66.9 Å². The maximum Gasteiger partial charge on any atom is 0.208 e. The molecule has 0 N–H and O–H groups in total. The van der Waals surface area contributed by atoms with Crippen molar-refractivity contribution < 1.29 is 4.74 Å². The van der Waals surface area contributed by atoms with E-state index < -0.39 is 0 Å². The lowest BCUT2D eigenvalue weighted by Gasteiger charge is -2.09. The average Bonchev–Trinajstić information content (AvgIpc) is 2.83. The summed E-state index contributed by atoms with van der Waals surface area (Å²) in [5, 5.41) is 0.472. The highest BCUT2D eigenvalue weighted by molar-refractivity contribution is 6.29. The fraction of sp³-hybridized carbons (Fsp3) is 0.278. The molecule has 0 unspecified atom stereocenters. The molecule has 0 saturated heterocycles. The zero-order chi connectivity index (χ0) is 15.5. The van der Waals surface area contributed by atoms with Crippen molar-refractivity contribution in [2.45, 2.75) is 26.7 Å². The molecular formula is C18H19ClN2O. The minimum absolute atomic E-state index is 0.472. The number of nitrogens with zero attached hydrogens (tertiary/aromatic N) is 2. The van der Waals surface area contributed by atoms with Gasteiger partial charge in [0.05, 0.1) is 17.6 Å². The van der Waals surface area contributed by atoms with Crippen molar-refractivity contribution in [3.8, 4) is 11.4 Å². The molecule has 0 saturated carbocycles. The Hall–Kier alpha value is -2.00. The quantitative estimate of drug-likeness (QED) is 0.608. The summed E-state index contributed by atoms with van der Waals surface area (Å²) in [6.45, 7) is 4.96. The minimum atomic E-state index is 0.472. The first-order chi connectivity index (χ1) is 10.7. The van der Waals surface area contributed by atoms with Crippen molar-refractivity contribution >= 4 is 22.6 Å². The van der Waals surface area contributed by atoms with Crippen LogP contribution in [0.15, 0.2) is 42.5 Å². The number of imidazole rings is 1. The lowest BCUT2D eigenvalue weighted by molar-refractivity contribution is 0.309. The van der Waals surface area contributed by atoms with Gasteiger partial charge in [0.2, 0.25) is 5.28 Å². The van der Waals surface area contributed by atoms with E-state index in [1.807, 2.05) is 34.9 Å².